The van der Waals surface area contributed by atoms with E-state index in [4.69, 9.17) is 5.73 Å². The van der Waals surface area contributed by atoms with Crippen molar-refractivity contribution in [1.29, 1.82) is 0 Å². The van der Waals surface area contributed by atoms with Crippen molar-refractivity contribution in [3.63, 3.8) is 0 Å². The molecule has 2 aromatic carbocycles. The molecule has 0 spiro atoms. The van der Waals surface area contributed by atoms with Crippen LogP contribution in [0.5, 0.6) is 0 Å². The molecule has 34 heavy (non-hydrogen) atoms. The molecule has 2 atom stereocenters. The molecule has 0 amide bonds. The number of likely N-dealkylation sites (tertiary alicyclic amines) is 1. The van der Waals surface area contributed by atoms with Crippen LogP contribution < -0.4 is 11.1 Å². The maximum Gasteiger partial charge on any atom is 0.222 e. The molecule has 1 aliphatic carbocycles. The first-order valence-corrected chi connectivity index (χ1v) is 12.2. The lowest BCUT2D eigenvalue weighted by molar-refractivity contribution is 0.243. The Bertz CT molecular complexity index is 1300. The lowest BCUT2D eigenvalue weighted by atomic mass is 9.91. The Kier molecular flexibility index (Phi) is 4.82. The summed E-state index contributed by atoms with van der Waals surface area (Å²) in [4.78, 5) is 6.65. The summed E-state index contributed by atoms with van der Waals surface area (Å²) >= 11 is 0. The zero-order chi connectivity index (χ0) is 23.6. The lowest BCUT2D eigenvalue weighted by Crippen LogP contribution is -2.32. The molecule has 3 aromatic rings. The SMILES string of the molecule is C=C1NCCc2cc(-c3cc(-c4ccc(C56C[C@@H]5CN(C(C)C)C6)cc4)c(F)nc3N)ccc21. The molecular formula is C29H31FN4. The van der Waals surface area contributed by atoms with E-state index < -0.39 is 5.95 Å². The second-order valence-corrected chi connectivity index (χ2v) is 10.4. The van der Waals surface area contributed by atoms with Gasteiger partial charge < -0.3 is 11.1 Å². The van der Waals surface area contributed by atoms with E-state index in [1.54, 1.807) is 0 Å². The third-order valence-corrected chi connectivity index (χ3v) is 8.15. The first kappa shape index (κ1) is 21.4. The van der Waals surface area contributed by atoms with Crippen LogP contribution in [-0.4, -0.2) is 35.6 Å². The summed E-state index contributed by atoms with van der Waals surface area (Å²) in [6, 6.07) is 17.1. The number of rotatable bonds is 4. The van der Waals surface area contributed by atoms with E-state index in [-0.39, 0.29) is 11.2 Å². The second-order valence-electron chi connectivity index (χ2n) is 10.4. The Balaban J connectivity index is 1.33. The molecule has 2 fully saturated rings. The number of nitrogen functional groups attached to an aromatic ring is 1. The largest absolute Gasteiger partial charge is 0.385 e. The number of benzene rings is 2. The van der Waals surface area contributed by atoms with Gasteiger partial charge in [-0.3, -0.25) is 4.90 Å². The number of hydrogen-bond donors (Lipinski definition) is 2. The van der Waals surface area contributed by atoms with Crippen LogP contribution in [0.2, 0.25) is 0 Å². The van der Waals surface area contributed by atoms with Gasteiger partial charge in [0, 0.05) is 53.5 Å². The maximum atomic E-state index is 15.0. The average molecular weight is 455 g/mol. The predicted molar refractivity (Wildman–Crippen MR) is 137 cm³/mol. The first-order valence-electron chi connectivity index (χ1n) is 12.2. The van der Waals surface area contributed by atoms with Gasteiger partial charge in [-0.05, 0) is 60.9 Å². The topological polar surface area (TPSA) is 54.2 Å². The Labute approximate surface area is 200 Å². The number of hydrogen-bond acceptors (Lipinski definition) is 4. The van der Waals surface area contributed by atoms with E-state index in [0.717, 1.165) is 53.4 Å². The lowest BCUT2D eigenvalue weighted by Gasteiger charge is -2.24. The van der Waals surface area contributed by atoms with Gasteiger partial charge >= 0.3 is 0 Å². The Morgan fingerprint density at radius 2 is 1.85 bits per heavy atom. The highest BCUT2D eigenvalue weighted by atomic mass is 19.1. The number of pyridine rings is 1. The molecule has 4 nitrogen and oxygen atoms in total. The summed E-state index contributed by atoms with van der Waals surface area (Å²) in [5.74, 6) is 0.432. The summed E-state index contributed by atoms with van der Waals surface area (Å²) in [7, 11) is 0. The number of aromatic nitrogens is 1. The van der Waals surface area contributed by atoms with Crippen molar-refractivity contribution < 1.29 is 4.39 Å². The molecule has 2 aliphatic heterocycles. The standard InChI is InChI=1S/C29H31FN4/c1-17(2)34-15-23-14-29(23,16-34)22-7-4-19(5-8-22)25-13-26(28(31)33-27(25)30)20-6-9-24-18(3)32-11-10-21(24)12-20/h4-9,12-13,17,23,32H,3,10-11,14-16H2,1-2H3,(H2,31,33)/t23-,29?/m1/s1. The Morgan fingerprint density at radius 1 is 1.09 bits per heavy atom. The smallest absolute Gasteiger partial charge is 0.222 e. The molecular weight excluding hydrogens is 423 g/mol. The maximum absolute atomic E-state index is 15.0. The molecule has 1 aromatic heterocycles. The fraction of sp³-hybridized carbons (Fsp3) is 0.345. The molecule has 1 saturated heterocycles. The minimum atomic E-state index is -0.529. The quantitative estimate of drug-likeness (QED) is 0.530. The van der Waals surface area contributed by atoms with Crippen LogP contribution >= 0.6 is 0 Å². The van der Waals surface area contributed by atoms with E-state index in [2.05, 4.69) is 59.9 Å². The number of nitrogens with zero attached hydrogens (tertiary/aromatic N) is 2. The molecule has 3 aliphatic rings. The molecule has 1 saturated carbocycles. The summed E-state index contributed by atoms with van der Waals surface area (Å²) in [5.41, 5.74) is 14.2. The van der Waals surface area contributed by atoms with Gasteiger partial charge in [-0.1, -0.05) is 49.0 Å². The van der Waals surface area contributed by atoms with Crippen LogP contribution in [0.15, 0.2) is 55.1 Å². The number of halogens is 1. The molecule has 0 bridgehead atoms. The minimum Gasteiger partial charge on any atom is -0.385 e. The molecule has 1 unspecified atom stereocenters. The molecule has 3 heterocycles. The number of fused-ring (bicyclic) bond motifs is 2. The van der Waals surface area contributed by atoms with Crippen LogP contribution in [0.1, 0.15) is 37.0 Å². The van der Waals surface area contributed by atoms with E-state index in [0.29, 0.717) is 11.6 Å². The summed E-state index contributed by atoms with van der Waals surface area (Å²) in [6.07, 6.45) is 2.18. The third kappa shape index (κ3) is 3.33. The normalized spacial score (nSPS) is 23.5. The van der Waals surface area contributed by atoms with Gasteiger partial charge in [-0.25, -0.2) is 4.98 Å². The summed E-state index contributed by atoms with van der Waals surface area (Å²) in [6.45, 7) is 11.8. The molecule has 0 radical (unpaired) electrons. The Morgan fingerprint density at radius 3 is 2.59 bits per heavy atom. The van der Waals surface area contributed by atoms with Gasteiger partial charge in [0.1, 0.15) is 5.82 Å². The van der Waals surface area contributed by atoms with Crippen LogP contribution in [-0.2, 0) is 11.8 Å². The highest BCUT2D eigenvalue weighted by Gasteiger charge is 2.60. The van der Waals surface area contributed by atoms with Gasteiger partial charge in [0.05, 0.1) is 0 Å². The monoisotopic (exact) mass is 454 g/mol. The van der Waals surface area contributed by atoms with Crippen LogP contribution in [0.25, 0.3) is 28.0 Å². The van der Waals surface area contributed by atoms with Gasteiger partial charge in [0.2, 0.25) is 5.95 Å². The fourth-order valence-corrected chi connectivity index (χ4v) is 5.99. The number of anilines is 1. The highest BCUT2D eigenvalue weighted by molar-refractivity contribution is 5.81. The van der Waals surface area contributed by atoms with E-state index in [9.17, 15) is 4.39 Å². The first-order chi connectivity index (χ1) is 16.4. The number of nitrogens with two attached hydrogens (primary N) is 1. The van der Waals surface area contributed by atoms with Crippen molar-refractivity contribution in [3.8, 4) is 22.3 Å². The van der Waals surface area contributed by atoms with Crippen molar-refractivity contribution in [3.05, 3.63) is 77.7 Å². The van der Waals surface area contributed by atoms with Gasteiger partial charge in [-0.15, -0.1) is 0 Å². The van der Waals surface area contributed by atoms with Crippen molar-refractivity contribution >= 4 is 11.5 Å². The molecule has 3 N–H and O–H groups in total. The van der Waals surface area contributed by atoms with Crippen LogP contribution in [0.3, 0.4) is 0 Å². The number of nitrogens with one attached hydrogen (secondary N) is 1. The minimum absolute atomic E-state index is 0.213. The van der Waals surface area contributed by atoms with Gasteiger partial charge in [-0.2, -0.15) is 4.39 Å². The average Bonchev–Trinajstić information content (AvgIpc) is 3.39. The molecule has 5 heteroatoms. The van der Waals surface area contributed by atoms with Crippen LogP contribution in [0, 0.1) is 11.9 Å². The van der Waals surface area contributed by atoms with Crippen molar-refractivity contribution in [2.24, 2.45) is 5.92 Å². The zero-order valence-corrected chi connectivity index (χ0v) is 19.9. The predicted octanol–water partition coefficient (Wildman–Crippen LogP) is 5.24. The fourth-order valence-electron chi connectivity index (χ4n) is 5.99. The third-order valence-electron chi connectivity index (χ3n) is 8.15. The van der Waals surface area contributed by atoms with Gasteiger partial charge in [0.25, 0.3) is 0 Å². The number of piperidine rings is 1. The van der Waals surface area contributed by atoms with Crippen molar-refractivity contribution in [1.82, 2.24) is 15.2 Å². The Hall–Kier alpha value is -3.18. The summed E-state index contributed by atoms with van der Waals surface area (Å²) in [5, 5.41) is 3.30. The summed E-state index contributed by atoms with van der Waals surface area (Å²) < 4.78 is 15.0. The van der Waals surface area contributed by atoms with Crippen molar-refractivity contribution in [2.45, 2.75) is 38.1 Å². The van der Waals surface area contributed by atoms with E-state index >= 15 is 0 Å². The van der Waals surface area contributed by atoms with E-state index in [1.807, 2.05) is 24.3 Å². The van der Waals surface area contributed by atoms with E-state index in [1.165, 1.54) is 24.1 Å². The van der Waals surface area contributed by atoms with Crippen LogP contribution in [0.4, 0.5) is 10.2 Å². The second kappa shape index (κ2) is 7.67. The highest BCUT2D eigenvalue weighted by Crippen LogP contribution is 2.59. The zero-order valence-electron chi connectivity index (χ0n) is 19.9. The molecule has 174 valence electrons. The van der Waals surface area contributed by atoms with Crippen molar-refractivity contribution in [2.75, 3.05) is 25.4 Å². The molecule has 6 rings (SSSR count). The van der Waals surface area contributed by atoms with Gasteiger partial charge in [0.15, 0.2) is 0 Å².